The van der Waals surface area contributed by atoms with Crippen molar-refractivity contribution >= 4 is 30.4 Å². The van der Waals surface area contributed by atoms with Crippen LogP contribution in [0.15, 0.2) is 0 Å². The van der Waals surface area contributed by atoms with Crippen molar-refractivity contribution in [2.24, 2.45) is 59.2 Å². The molecular formula is C30H56O12P4. The third-order valence-electron chi connectivity index (χ3n) is 12.5. The zero-order valence-corrected chi connectivity index (χ0v) is 30.2. The Morgan fingerprint density at radius 1 is 0.326 bits per heavy atom. The van der Waals surface area contributed by atoms with Gasteiger partial charge in [-0.1, -0.05) is 38.5 Å². The van der Waals surface area contributed by atoms with Crippen molar-refractivity contribution in [3.63, 3.8) is 0 Å². The Labute approximate surface area is 272 Å². The molecule has 5 rings (SSSR count). The Morgan fingerprint density at radius 3 is 0.739 bits per heavy atom. The molecule has 0 saturated heterocycles. The average molecular weight is 733 g/mol. The number of rotatable bonds is 6. The predicted molar refractivity (Wildman–Crippen MR) is 174 cm³/mol. The van der Waals surface area contributed by atoms with Gasteiger partial charge in [-0.15, -0.1) is 0 Å². The number of hydrogen-bond donors (Lipinski definition) is 8. The summed E-state index contributed by atoms with van der Waals surface area (Å²) in [6.07, 6.45) is 15.0. The molecule has 8 unspecified atom stereocenters. The van der Waals surface area contributed by atoms with E-state index in [4.69, 9.17) is 0 Å². The summed E-state index contributed by atoms with van der Waals surface area (Å²) < 4.78 is 49.8. The van der Waals surface area contributed by atoms with E-state index in [0.29, 0.717) is 49.4 Å². The van der Waals surface area contributed by atoms with Crippen LogP contribution < -0.4 is 0 Å². The molecule has 16 heteroatoms. The molecule has 8 bridgehead atoms. The largest absolute Gasteiger partial charge is 0.340 e. The minimum absolute atomic E-state index is 0.135. The lowest BCUT2D eigenvalue weighted by Gasteiger charge is -2.44. The Hall–Kier alpha value is 0.600. The fraction of sp³-hybridized carbons (Fsp3) is 1.00. The molecule has 0 amide bonds. The van der Waals surface area contributed by atoms with Gasteiger partial charge in [0.05, 0.1) is 0 Å². The maximum Gasteiger partial charge on any atom is 0.340 e. The van der Waals surface area contributed by atoms with Crippen molar-refractivity contribution in [2.75, 3.05) is 0 Å². The second kappa shape index (κ2) is 14.7. The molecule has 5 aliphatic carbocycles. The highest BCUT2D eigenvalue weighted by Crippen LogP contribution is 2.67. The monoisotopic (exact) mass is 732 g/mol. The van der Waals surface area contributed by atoms with Crippen molar-refractivity contribution < 1.29 is 57.4 Å². The normalized spacial score (nSPS) is 38.9. The fourth-order valence-electron chi connectivity index (χ4n) is 11.5. The zero-order chi connectivity index (χ0) is 33.7. The van der Waals surface area contributed by atoms with E-state index in [2.05, 4.69) is 0 Å². The van der Waals surface area contributed by atoms with E-state index >= 15 is 0 Å². The van der Waals surface area contributed by atoms with Crippen LogP contribution in [0.25, 0.3) is 0 Å². The third kappa shape index (κ3) is 9.89. The Bertz CT molecular complexity index is 1060. The van der Waals surface area contributed by atoms with Crippen molar-refractivity contribution in [1.29, 1.82) is 0 Å². The van der Waals surface area contributed by atoms with Gasteiger partial charge in [-0.3, -0.25) is 18.3 Å². The van der Waals surface area contributed by atoms with Crippen LogP contribution in [0.2, 0.25) is 0 Å². The maximum absolute atomic E-state index is 12.5. The van der Waals surface area contributed by atoms with E-state index < -0.39 is 53.0 Å². The van der Waals surface area contributed by atoms with Crippen molar-refractivity contribution in [3.05, 3.63) is 0 Å². The van der Waals surface area contributed by atoms with Gasteiger partial charge in [0.25, 0.3) is 0 Å². The SMILES string of the molecule is O=P(O)(O)C(C1CC2CC3CCCC(C3)CC3CC(CC4CCCC(C4)CC(C2)C1)CC(C(P(=O)(O)O)P(=O)(O)O)C3)P(=O)(O)O. The van der Waals surface area contributed by atoms with Crippen molar-refractivity contribution in [3.8, 4) is 0 Å². The molecule has 0 aromatic carbocycles. The minimum atomic E-state index is -5.04. The molecule has 8 atom stereocenters. The molecule has 12 nitrogen and oxygen atoms in total. The van der Waals surface area contributed by atoms with E-state index in [1.165, 1.54) is 0 Å². The molecule has 5 aliphatic rings. The van der Waals surface area contributed by atoms with Crippen LogP contribution in [0.5, 0.6) is 0 Å². The summed E-state index contributed by atoms with van der Waals surface area (Å²) in [7, 11) is -20.1. The van der Waals surface area contributed by atoms with Gasteiger partial charge in [0.2, 0.25) is 0 Å². The van der Waals surface area contributed by atoms with Gasteiger partial charge in [-0.25, -0.2) is 0 Å². The summed E-state index contributed by atoms with van der Waals surface area (Å²) in [5.41, 5.74) is 0. The van der Waals surface area contributed by atoms with Gasteiger partial charge >= 0.3 is 30.4 Å². The molecule has 0 aliphatic heterocycles. The third-order valence-corrected chi connectivity index (χ3v) is 20.6. The highest BCUT2D eigenvalue weighted by atomic mass is 31.2. The number of hydrogen-bond acceptors (Lipinski definition) is 4. The summed E-state index contributed by atoms with van der Waals surface area (Å²) in [6.45, 7) is 0. The van der Waals surface area contributed by atoms with E-state index in [9.17, 15) is 57.4 Å². The van der Waals surface area contributed by atoms with E-state index in [1.807, 2.05) is 0 Å². The molecule has 5 saturated carbocycles. The topological polar surface area (TPSA) is 230 Å². The van der Waals surface area contributed by atoms with E-state index in [0.717, 1.165) is 89.9 Å². The maximum atomic E-state index is 12.5. The highest BCUT2D eigenvalue weighted by Gasteiger charge is 2.53. The molecule has 8 N–H and O–H groups in total. The summed E-state index contributed by atoms with van der Waals surface area (Å²) in [5.74, 6) is 0.613. The second-order valence-corrected chi connectivity index (χ2v) is 24.1. The fourth-order valence-corrected chi connectivity index (χ4v) is 17.8. The van der Waals surface area contributed by atoms with Crippen LogP contribution in [0, 0.1) is 59.2 Å². The molecular weight excluding hydrogens is 676 g/mol. The van der Waals surface area contributed by atoms with Crippen molar-refractivity contribution in [2.45, 2.75) is 126 Å². The van der Waals surface area contributed by atoms with Crippen LogP contribution >= 0.6 is 30.4 Å². The lowest BCUT2D eigenvalue weighted by Crippen LogP contribution is -2.35. The van der Waals surface area contributed by atoms with Gasteiger partial charge in [0, 0.05) is 0 Å². The summed E-state index contributed by atoms with van der Waals surface area (Å²) in [6, 6.07) is 0. The first kappa shape index (κ1) is 37.8. The lowest BCUT2D eigenvalue weighted by atomic mass is 9.63. The van der Waals surface area contributed by atoms with Crippen LogP contribution in [0.3, 0.4) is 0 Å². The Morgan fingerprint density at radius 2 is 0.522 bits per heavy atom. The molecule has 0 heterocycles. The van der Waals surface area contributed by atoms with Gasteiger partial charge in [-0.05, 0) is 136 Å². The van der Waals surface area contributed by atoms with E-state index in [1.54, 1.807) is 0 Å². The van der Waals surface area contributed by atoms with Gasteiger partial charge in [0.1, 0.15) is 0 Å². The van der Waals surface area contributed by atoms with E-state index in [-0.39, 0.29) is 23.7 Å². The number of fused-ring (bicyclic) bond motifs is 8. The molecule has 0 spiro atoms. The summed E-state index contributed by atoms with van der Waals surface area (Å²) in [4.78, 5) is 80.8. The van der Waals surface area contributed by atoms with Crippen LogP contribution in [0.1, 0.15) is 116 Å². The summed E-state index contributed by atoms with van der Waals surface area (Å²) in [5, 5.41) is -3.90. The smallest absolute Gasteiger partial charge is 0.324 e. The minimum Gasteiger partial charge on any atom is -0.324 e. The van der Waals surface area contributed by atoms with Gasteiger partial charge in [0.15, 0.2) is 10.8 Å². The first-order valence-corrected chi connectivity index (χ1v) is 24.2. The quantitative estimate of drug-likeness (QED) is 0.135. The van der Waals surface area contributed by atoms with Gasteiger partial charge in [-0.2, -0.15) is 0 Å². The van der Waals surface area contributed by atoms with Crippen molar-refractivity contribution in [1.82, 2.24) is 0 Å². The predicted octanol–water partition coefficient (Wildman–Crippen LogP) is 6.60. The standard InChI is InChI=1S/C30H56O12P4/c31-43(32,33)29(44(34,35)36)27-15-23-9-19-3-1-4-20(7-19)10-24-14-26(18-28(16-24)30(45(37,38)39)46(40,41)42)12-22-6-2-5-21(8-22)11-25(13-23)17-27/h19-30H,1-18H2,(H2,31,32,33)(H2,34,35,36)(H2,37,38,39)(H2,40,41,42). The first-order valence-electron chi connectivity index (χ1n) is 17.5. The van der Waals surface area contributed by atoms with Crippen LogP contribution in [-0.4, -0.2) is 49.9 Å². The second-order valence-electron chi connectivity index (χ2n) is 16.3. The molecule has 0 aromatic rings. The summed E-state index contributed by atoms with van der Waals surface area (Å²) >= 11 is 0. The molecule has 0 aromatic heterocycles. The molecule has 268 valence electrons. The highest BCUT2D eigenvalue weighted by molar-refractivity contribution is 7.71. The molecule has 5 fully saturated rings. The zero-order valence-electron chi connectivity index (χ0n) is 26.7. The molecule has 46 heavy (non-hydrogen) atoms. The van der Waals surface area contributed by atoms with Gasteiger partial charge < -0.3 is 39.1 Å². The first-order chi connectivity index (χ1) is 21.3. The average Bonchev–Trinajstić information content (AvgIpc) is 2.85. The Balaban J connectivity index is 1.42. The molecule has 0 radical (unpaired) electrons. The van der Waals surface area contributed by atoms with Crippen LogP contribution in [-0.2, 0) is 18.3 Å². The Kier molecular flexibility index (Phi) is 12.1. The van der Waals surface area contributed by atoms with Crippen LogP contribution in [0.4, 0.5) is 0 Å². The lowest BCUT2D eigenvalue weighted by molar-refractivity contribution is 0.0881.